The molecule has 0 fully saturated rings. The van der Waals surface area contributed by atoms with Gasteiger partial charge in [-0.25, -0.2) is 4.98 Å². The van der Waals surface area contributed by atoms with Crippen LogP contribution in [0.5, 0.6) is 11.5 Å². The molecule has 31 heavy (non-hydrogen) atoms. The number of nitrogens with one attached hydrogen (secondary N) is 2. The zero-order valence-corrected chi connectivity index (χ0v) is 18.3. The van der Waals surface area contributed by atoms with Crippen LogP contribution in [0.2, 0.25) is 0 Å². The highest BCUT2D eigenvalue weighted by Gasteiger charge is 2.15. The molecule has 0 aliphatic carbocycles. The van der Waals surface area contributed by atoms with Crippen molar-refractivity contribution in [1.29, 1.82) is 0 Å². The summed E-state index contributed by atoms with van der Waals surface area (Å²) in [6, 6.07) is 11.0. The van der Waals surface area contributed by atoms with E-state index in [1.54, 1.807) is 12.1 Å². The summed E-state index contributed by atoms with van der Waals surface area (Å²) in [5, 5.41) is 3.39. The Balaban J connectivity index is 1.78. The van der Waals surface area contributed by atoms with E-state index < -0.39 is 0 Å². The topological polar surface area (TPSA) is 96.6 Å². The number of amides is 1. The molecule has 1 heterocycles. The maximum atomic E-state index is 12.6. The average molecular weight is 425 g/mol. The van der Waals surface area contributed by atoms with Crippen molar-refractivity contribution < 1.29 is 14.3 Å². The Morgan fingerprint density at radius 3 is 2.52 bits per heavy atom. The average Bonchev–Trinajstić information content (AvgIpc) is 2.78. The summed E-state index contributed by atoms with van der Waals surface area (Å²) < 4.78 is 10.6. The molecule has 0 bridgehead atoms. The lowest BCUT2D eigenvalue weighted by atomic mass is 10.1. The minimum absolute atomic E-state index is 0.114. The van der Waals surface area contributed by atoms with Crippen LogP contribution < -0.4 is 20.3 Å². The Morgan fingerprint density at radius 1 is 1.13 bits per heavy atom. The number of anilines is 1. The minimum atomic E-state index is -0.265. The van der Waals surface area contributed by atoms with Gasteiger partial charge in [0.1, 0.15) is 5.82 Å². The van der Waals surface area contributed by atoms with E-state index in [1.165, 1.54) is 14.2 Å². The molecule has 0 spiro atoms. The number of hydrogen-bond donors (Lipinski definition) is 2. The van der Waals surface area contributed by atoms with Crippen LogP contribution in [-0.4, -0.2) is 48.1 Å². The fourth-order valence-electron chi connectivity index (χ4n) is 3.42. The lowest BCUT2D eigenvalue weighted by Crippen LogP contribution is -2.34. The molecule has 8 heteroatoms. The third kappa shape index (κ3) is 5.21. The van der Waals surface area contributed by atoms with E-state index in [9.17, 15) is 9.59 Å². The smallest absolute Gasteiger partial charge is 0.258 e. The van der Waals surface area contributed by atoms with Crippen molar-refractivity contribution in [3.63, 3.8) is 0 Å². The largest absolute Gasteiger partial charge is 0.493 e. The van der Waals surface area contributed by atoms with Gasteiger partial charge in [-0.1, -0.05) is 32.0 Å². The van der Waals surface area contributed by atoms with Gasteiger partial charge < -0.3 is 19.8 Å². The molecule has 0 saturated carbocycles. The molecular formula is C23H28N4O4. The Kier molecular flexibility index (Phi) is 7.25. The van der Waals surface area contributed by atoms with E-state index in [1.807, 2.05) is 36.1 Å². The number of methoxy groups -OCH3 is 2. The van der Waals surface area contributed by atoms with Gasteiger partial charge in [0.2, 0.25) is 5.91 Å². The van der Waals surface area contributed by atoms with Crippen LogP contribution in [0.25, 0.3) is 10.9 Å². The molecule has 0 aliphatic heterocycles. The first-order valence-corrected chi connectivity index (χ1v) is 10.2. The lowest BCUT2D eigenvalue weighted by Gasteiger charge is -2.20. The predicted molar refractivity (Wildman–Crippen MR) is 121 cm³/mol. The van der Waals surface area contributed by atoms with E-state index in [2.05, 4.69) is 22.2 Å². The molecule has 2 aromatic carbocycles. The molecule has 0 aliphatic rings. The van der Waals surface area contributed by atoms with Crippen LogP contribution in [0.4, 0.5) is 5.69 Å². The van der Waals surface area contributed by atoms with E-state index in [0.717, 1.165) is 17.7 Å². The molecule has 164 valence electrons. The van der Waals surface area contributed by atoms with Crippen molar-refractivity contribution in [3.05, 3.63) is 58.1 Å². The van der Waals surface area contributed by atoms with Gasteiger partial charge in [-0.15, -0.1) is 0 Å². The molecule has 3 rings (SSSR count). The maximum Gasteiger partial charge on any atom is 0.258 e. The Bertz CT molecular complexity index is 1130. The zero-order chi connectivity index (χ0) is 22.4. The monoisotopic (exact) mass is 424 g/mol. The van der Waals surface area contributed by atoms with E-state index >= 15 is 0 Å². The molecule has 0 saturated heterocycles. The summed E-state index contributed by atoms with van der Waals surface area (Å²) in [6.07, 6.45) is 0.838. The van der Waals surface area contributed by atoms with E-state index in [4.69, 9.17) is 9.47 Å². The van der Waals surface area contributed by atoms with Crippen LogP contribution >= 0.6 is 0 Å². The summed E-state index contributed by atoms with van der Waals surface area (Å²) in [5.74, 6) is 1.33. The second kappa shape index (κ2) is 10.1. The fourth-order valence-corrected chi connectivity index (χ4v) is 3.42. The molecule has 0 unspecified atom stereocenters. The van der Waals surface area contributed by atoms with Gasteiger partial charge in [0.15, 0.2) is 11.5 Å². The van der Waals surface area contributed by atoms with Gasteiger partial charge in [-0.3, -0.25) is 14.5 Å². The van der Waals surface area contributed by atoms with Gasteiger partial charge in [-0.05, 0) is 30.7 Å². The summed E-state index contributed by atoms with van der Waals surface area (Å²) in [6.45, 7) is 5.15. The number of likely N-dealkylation sites (N-methyl/N-ethyl adjacent to an activating group) is 1. The number of benzene rings is 2. The van der Waals surface area contributed by atoms with Gasteiger partial charge in [0, 0.05) is 11.8 Å². The van der Waals surface area contributed by atoms with Gasteiger partial charge in [-0.2, -0.15) is 0 Å². The molecule has 8 nitrogen and oxygen atoms in total. The summed E-state index contributed by atoms with van der Waals surface area (Å²) >= 11 is 0. The molecule has 1 aromatic heterocycles. The Hall–Kier alpha value is -3.39. The van der Waals surface area contributed by atoms with Gasteiger partial charge in [0.25, 0.3) is 5.56 Å². The number of rotatable bonds is 9. The first-order valence-electron chi connectivity index (χ1n) is 10.2. The number of hydrogen-bond acceptors (Lipinski definition) is 6. The summed E-state index contributed by atoms with van der Waals surface area (Å²) in [7, 11) is 3.05. The number of H-pyrrole nitrogens is 1. The van der Waals surface area contributed by atoms with Gasteiger partial charge in [0.05, 0.1) is 38.2 Å². The van der Waals surface area contributed by atoms with Crippen LogP contribution in [0.3, 0.4) is 0 Å². The third-order valence-corrected chi connectivity index (χ3v) is 5.12. The van der Waals surface area contributed by atoms with Crippen molar-refractivity contribution in [3.8, 4) is 11.5 Å². The molecule has 2 N–H and O–H groups in total. The molecule has 0 atom stereocenters. The predicted octanol–water partition coefficient (Wildman–Crippen LogP) is 2.96. The second-order valence-electron chi connectivity index (χ2n) is 7.10. The number of ether oxygens (including phenoxy) is 2. The number of carbonyl (C=O) groups is 1. The van der Waals surface area contributed by atoms with Crippen molar-refractivity contribution in [2.45, 2.75) is 26.8 Å². The number of aromatic amines is 1. The summed E-state index contributed by atoms with van der Waals surface area (Å²) in [5.41, 5.74) is 2.15. The standard InChI is InChI=1S/C23H28N4O4/c1-5-15-9-7-8-10-17(15)25-22(28)14-27(6-2)13-21-24-18-12-20(31-4)19(30-3)11-16(18)23(29)26-21/h7-12H,5-6,13-14H2,1-4H3,(H,25,28)(H,24,26,29). The fraction of sp³-hybridized carbons (Fsp3) is 0.348. The second-order valence-corrected chi connectivity index (χ2v) is 7.10. The molecule has 0 radical (unpaired) electrons. The molecule has 3 aromatic rings. The first kappa shape index (κ1) is 22.3. The lowest BCUT2D eigenvalue weighted by molar-refractivity contribution is -0.117. The Morgan fingerprint density at radius 2 is 1.84 bits per heavy atom. The number of fused-ring (bicyclic) bond motifs is 1. The van der Waals surface area contributed by atoms with Crippen molar-refractivity contribution in [2.24, 2.45) is 0 Å². The van der Waals surface area contributed by atoms with Gasteiger partial charge >= 0.3 is 0 Å². The number of para-hydroxylation sites is 1. The third-order valence-electron chi connectivity index (χ3n) is 5.12. The van der Waals surface area contributed by atoms with Crippen LogP contribution in [-0.2, 0) is 17.8 Å². The zero-order valence-electron chi connectivity index (χ0n) is 18.3. The normalized spacial score (nSPS) is 11.0. The highest BCUT2D eigenvalue weighted by molar-refractivity contribution is 5.93. The first-order chi connectivity index (χ1) is 15.0. The van der Waals surface area contributed by atoms with Crippen LogP contribution in [0.1, 0.15) is 25.2 Å². The SMILES string of the molecule is CCc1ccccc1NC(=O)CN(CC)Cc1nc2cc(OC)c(OC)cc2c(=O)[nH]1. The molecular weight excluding hydrogens is 396 g/mol. The maximum absolute atomic E-state index is 12.6. The number of aryl methyl sites for hydroxylation is 1. The van der Waals surface area contributed by atoms with E-state index in [0.29, 0.717) is 41.3 Å². The Labute approximate surface area is 181 Å². The number of carbonyl (C=O) groups excluding carboxylic acids is 1. The minimum Gasteiger partial charge on any atom is -0.493 e. The highest BCUT2D eigenvalue weighted by Crippen LogP contribution is 2.29. The van der Waals surface area contributed by atoms with Crippen molar-refractivity contribution in [2.75, 3.05) is 32.6 Å². The molecule has 1 amide bonds. The van der Waals surface area contributed by atoms with Crippen molar-refractivity contribution >= 4 is 22.5 Å². The highest BCUT2D eigenvalue weighted by atomic mass is 16.5. The van der Waals surface area contributed by atoms with Crippen LogP contribution in [0.15, 0.2) is 41.2 Å². The van der Waals surface area contributed by atoms with Crippen LogP contribution in [0, 0.1) is 0 Å². The van der Waals surface area contributed by atoms with E-state index in [-0.39, 0.29) is 18.0 Å². The summed E-state index contributed by atoms with van der Waals surface area (Å²) in [4.78, 5) is 34.5. The van der Waals surface area contributed by atoms with Crippen molar-refractivity contribution in [1.82, 2.24) is 14.9 Å². The number of nitrogens with zero attached hydrogens (tertiary/aromatic N) is 2. The quantitative estimate of drug-likeness (QED) is 0.548. The number of aromatic nitrogens is 2.